The minimum atomic E-state index is -0.318. The van der Waals surface area contributed by atoms with Crippen LogP contribution in [-0.2, 0) is 6.42 Å². The van der Waals surface area contributed by atoms with Crippen molar-refractivity contribution in [1.29, 1.82) is 0 Å². The lowest BCUT2D eigenvalue weighted by molar-refractivity contribution is 0.102. The number of carbonyl (C=O) groups excluding carboxylic acids is 1. The minimum Gasteiger partial charge on any atom is -0.507 e. The van der Waals surface area contributed by atoms with Crippen LogP contribution in [0.25, 0.3) is 32.6 Å². The molecule has 0 spiro atoms. The van der Waals surface area contributed by atoms with Gasteiger partial charge in [0, 0.05) is 27.4 Å². The molecule has 0 aliphatic carbocycles. The predicted octanol–water partition coefficient (Wildman–Crippen LogP) is 5.99. The molecule has 0 fully saturated rings. The highest BCUT2D eigenvalue weighted by Crippen LogP contribution is 2.34. The number of H-pyrrole nitrogens is 1. The molecule has 0 saturated heterocycles. The van der Waals surface area contributed by atoms with Gasteiger partial charge in [-0.05, 0) is 41.6 Å². The Morgan fingerprint density at radius 1 is 0.931 bits per heavy atom. The Labute approximate surface area is 167 Å². The number of nitrogens with one attached hydrogen (secondary N) is 2. The maximum atomic E-state index is 12.9. The van der Waals surface area contributed by atoms with Crippen molar-refractivity contribution in [3.05, 3.63) is 83.9 Å². The normalized spacial score (nSPS) is 11.3. The quantitative estimate of drug-likeness (QED) is 0.360. The lowest BCUT2D eigenvalue weighted by Gasteiger charge is -2.11. The highest BCUT2D eigenvalue weighted by atomic mass is 16.3. The lowest BCUT2D eigenvalue weighted by atomic mass is 10.0. The summed E-state index contributed by atoms with van der Waals surface area (Å²) in [6.07, 6.45) is 0.818. The molecule has 1 amide bonds. The molecule has 29 heavy (non-hydrogen) atoms. The molecule has 0 bridgehead atoms. The van der Waals surface area contributed by atoms with Crippen LogP contribution < -0.4 is 5.32 Å². The van der Waals surface area contributed by atoms with E-state index in [1.807, 2.05) is 55.5 Å². The summed E-state index contributed by atoms with van der Waals surface area (Å²) in [5, 5.41) is 17.6. The van der Waals surface area contributed by atoms with Crippen molar-refractivity contribution in [3.8, 4) is 5.75 Å². The average Bonchev–Trinajstić information content (AvgIpc) is 3.13. The summed E-state index contributed by atoms with van der Waals surface area (Å²) in [6, 6.07) is 23.3. The van der Waals surface area contributed by atoms with E-state index in [1.165, 1.54) is 0 Å². The molecule has 5 rings (SSSR count). The second-order valence-corrected chi connectivity index (χ2v) is 7.21. The minimum absolute atomic E-state index is 0.0323. The molecule has 4 aromatic carbocycles. The van der Waals surface area contributed by atoms with Gasteiger partial charge in [0.1, 0.15) is 5.75 Å². The van der Waals surface area contributed by atoms with Gasteiger partial charge >= 0.3 is 0 Å². The van der Waals surface area contributed by atoms with Crippen LogP contribution in [0.2, 0.25) is 0 Å². The van der Waals surface area contributed by atoms with Crippen LogP contribution in [0, 0.1) is 0 Å². The van der Waals surface area contributed by atoms with E-state index >= 15 is 0 Å². The molecule has 0 atom stereocenters. The number of anilines is 1. The van der Waals surface area contributed by atoms with E-state index in [9.17, 15) is 9.90 Å². The first kappa shape index (κ1) is 17.3. The highest BCUT2D eigenvalue weighted by Gasteiger charge is 2.16. The Bertz CT molecular complexity index is 1400. The fourth-order valence-corrected chi connectivity index (χ4v) is 4.00. The molecule has 0 saturated carbocycles. The van der Waals surface area contributed by atoms with E-state index in [-0.39, 0.29) is 17.2 Å². The Morgan fingerprint density at radius 2 is 1.72 bits per heavy atom. The number of aromatic amines is 1. The Hall–Kier alpha value is -3.79. The monoisotopic (exact) mass is 380 g/mol. The number of rotatable bonds is 3. The first-order chi connectivity index (χ1) is 14.2. The number of fused-ring (bicyclic) bond motifs is 5. The zero-order valence-corrected chi connectivity index (χ0v) is 16.0. The Balaban J connectivity index is 1.62. The van der Waals surface area contributed by atoms with Crippen molar-refractivity contribution in [3.63, 3.8) is 0 Å². The van der Waals surface area contributed by atoms with Gasteiger partial charge in [0.2, 0.25) is 0 Å². The van der Waals surface area contributed by atoms with Crippen LogP contribution in [0.4, 0.5) is 5.69 Å². The van der Waals surface area contributed by atoms with Crippen molar-refractivity contribution in [2.24, 2.45) is 0 Å². The van der Waals surface area contributed by atoms with Gasteiger partial charge in [-0.15, -0.1) is 0 Å². The van der Waals surface area contributed by atoms with E-state index in [0.29, 0.717) is 0 Å². The third kappa shape index (κ3) is 2.81. The molecule has 4 heteroatoms. The largest absolute Gasteiger partial charge is 0.507 e. The fraction of sp³-hybridized carbons (Fsp3) is 0.0800. The SMILES string of the molecule is CCc1ccccc1NC(=O)c1cc2ccc3c4ccccc4[nH]c3c2cc1O. The maximum Gasteiger partial charge on any atom is 0.259 e. The number of aromatic hydroxyl groups is 1. The molecule has 0 aliphatic heterocycles. The summed E-state index contributed by atoms with van der Waals surface area (Å²) >= 11 is 0. The number of aryl methyl sites for hydroxylation is 1. The first-order valence-corrected chi connectivity index (χ1v) is 9.71. The molecule has 0 radical (unpaired) electrons. The number of aromatic nitrogens is 1. The molecular formula is C25H20N2O2. The summed E-state index contributed by atoms with van der Waals surface area (Å²) in [4.78, 5) is 16.3. The van der Waals surface area contributed by atoms with Crippen molar-refractivity contribution in [2.45, 2.75) is 13.3 Å². The molecule has 4 nitrogen and oxygen atoms in total. The molecule has 0 aliphatic rings. The highest BCUT2D eigenvalue weighted by molar-refractivity contribution is 6.18. The van der Waals surface area contributed by atoms with Gasteiger partial charge in [0.05, 0.1) is 11.1 Å². The van der Waals surface area contributed by atoms with Gasteiger partial charge in [0.25, 0.3) is 5.91 Å². The van der Waals surface area contributed by atoms with Crippen molar-refractivity contribution in [1.82, 2.24) is 4.98 Å². The van der Waals surface area contributed by atoms with Crippen molar-refractivity contribution >= 4 is 44.2 Å². The number of phenolic OH excluding ortho intramolecular Hbond substituents is 1. The topological polar surface area (TPSA) is 65.1 Å². The number of carbonyl (C=O) groups is 1. The van der Waals surface area contributed by atoms with Crippen molar-refractivity contribution in [2.75, 3.05) is 5.32 Å². The van der Waals surface area contributed by atoms with E-state index in [2.05, 4.69) is 22.4 Å². The summed E-state index contributed by atoms with van der Waals surface area (Å²) in [6.45, 7) is 2.05. The Morgan fingerprint density at radius 3 is 2.59 bits per heavy atom. The molecule has 1 aromatic heterocycles. The summed E-state index contributed by atoms with van der Waals surface area (Å²) in [5.41, 5.74) is 4.10. The van der Waals surface area contributed by atoms with Gasteiger partial charge in [0.15, 0.2) is 0 Å². The summed E-state index contributed by atoms with van der Waals surface area (Å²) < 4.78 is 0. The van der Waals surface area contributed by atoms with E-state index in [0.717, 1.165) is 50.2 Å². The van der Waals surface area contributed by atoms with Crippen LogP contribution in [0.5, 0.6) is 5.75 Å². The summed E-state index contributed by atoms with van der Waals surface area (Å²) in [5.74, 6) is -0.350. The fourth-order valence-electron chi connectivity index (χ4n) is 4.00. The maximum absolute atomic E-state index is 12.9. The number of amides is 1. The van der Waals surface area contributed by atoms with Crippen LogP contribution in [0.15, 0.2) is 72.8 Å². The van der Waals surface area contributed by atoms with Gasteiger partial charge in [-0.3, -0.25) is 4.79 Å². The van der Waals surface area contributed by atoms with Gasteiger partial charge < -0.3 is 15.4 Å². The van der Waals surface area contributed by atoms with Crippen LogP contribution in [0.3, 0.4) is 0 Å². The molecule has 3 N–H and O–H groups in total. The lowest BCUT2D eigenvalue weighted by Crippen LogP contribution is -2.13. The third-order valence-corrected chi connectivity index (χ3v) is 5.50. The number of benzene rings is 4. The van der Waals surface area contributed by atoms with E-state index < -0.39 is 0 Å². The van der Waals surface area contributed by atoms with Gasteiger partial charge in [-0.1, -0.05) is 55.5 Å². The van der Waals surface area contributed by atoms with Crippen molar-refractivity contribution < 1.29 is 9.90 Å². The van der Waals surface area contributed by atoms with Gasteiger partial charge in [-0.25, -0.2) is 0 Å². The molecule has 0 unspecified atom stereocenters. The third-order valence-electron chi connectivity index (χ3n) is 5.50. The second-order valence-electron chi connectivity index (χ2n) is 7.21. The van der Waals surface area contributed by atoms with Crippen LogP contribution >= 0.6 is 0 Å². The smallest absolute Gasteiger partial charge is 0.259 e. The first-order valence-electron chi connectivity index (χ1n) is 9.71. The van der Waals surface area contributed by atoms with Crippen LogP contribution in [-0.4, -0.2) is 16.0 Å². The summed E-state index contributed by atoms with van der Waals surface area (Å²) in [7, 11) is 0. The zero-order chi connectivity index (χ0) is 20.0. The number of hydrogen-bond donors (Lipinski definition) is 3. The predicted molar refractivity (Wildman–Crippen MR) is 119 cm³/mol. The number of hydrogen-bond acceptors (Lipinski definition) is 2. The number of para-hydroxylation sites is 2. The molecular weight excluding hydrogens is 360 g/mol. The van der Waals surface area contributed by atoms with E-state index in [1.54, 1.807) is 12.1 Å². The molecule has 5 aromatic rings. The van der Waals surface area contributed by atoms with Crippen LogP contribution in [0.1, 0.15) is 22.8 Å². The second kappa shape index (κ2) is 6.67. The van der Waals surface area contributed by atoms with E-state index in [4.69, 9.17) is 0 Å². The standard InChI is InChI=1S/C25H20N2O2/c1-2-15-7-3-5-9-21(15)27-25(29)20-13-16-11-12-18-17-8-4-6-10-22(17)26-24(18)19(16)14-23(20)28/h3-14,26,28H,2H2,1H3,(H,27,29). The number of phenols is 1. The molecule has 142 valence electrons. The zero-order valence-electron chi connectivity index (χ0n) is 16.0. The molecule has 1 heterocycles. The van der Waals surface area contributed by atoms with Gasteiger partial charge in [-0.2, -0.15) is 0 Å². The average molecular weight is 380 g/mol. The Kier molecular flexibility index (Phi) is 3.98.